The van der Waals surface area contributed by atoms with Gasteiger partial charge in [-0.2, -0.15) is 0 Å². The van der Waals surface area contributed by atoms with Gasteiger partial charge in [-0.15, -0.1) is 0 Å². The molecule has 126 valence electrons. The minimum atomic E-state index is -3.80. The normalized spacial score (nSPS) is 11.8. The number of nitrogens with one attached hydrogen (secondary N) is 1. The first-order chi connectivity index (χ1) is 11.2. The summed E-state index contributed by atoms with van der Waals surface area (Å²) in [6, 6.07) is 8.59. The molecule has 0 bridgehead atoms. The fourth-order valence-corrected chi connectivity index (χ4v) is 3.96. The van der Waals surface area contributed by atoms with Gasteiger partial charge in [-0.3, -0.25) is 9.29 Å². The van der Waals surface area contributed by atoms with Crippen molar-refractivity contribution in [3.63, 3.8) is 0 Å². The summed E-state index contributed by atoms with van der Waals surface area (Å²) in [5.74, 6) is -0.526. The van der Waals surface area contributed by atoms with Crippen molar-refractivity contribution in [3.05, 3.63) is 57.6 Å². The molecular formula is C17H18N2O4S. The first kappa shape index (κ1) is 16.3. The van der Waals surface area contributed by atoms with E-state index in [2.05, 4.69) is 4.72 Å². The summed E-state index contributed by atoms with van der Waals surface area (Å²) >= 11 is 0. The highest BCUT2D eigenvalue weighted by Gasteiger charge is 2.21. The maximum absolute atomic E-state index is 12.8. The molecule has 0 spiro atoms. The molecule has 0 aliphatic rings. The third-order valence-electron chi connectivity index (χ3n) is 4.02. The van der Waals surface area contributed by atoms with Crippen molar-refractivity contribution >= 4 is 26.8 Å². The van der Waals surface area contributed by atoms with Crippen LogP contribution in [0.1, 0.15) is 16.7 Å². The number of hydrogen-bond acceptors (Lipinski definition) is 4. The quantitative estimate of drug-likeness (QED) is 0.791. The van der Waals surface area contributed by atoms with Gasteiger partial charge in [-0.25, -0.2) is 13.2 Å². The van der Waals surface area contributed by atoms with E-state index in [-0.39, 0.29) is 10.5 Å². The van der Waals surface area contributed by atoms with Gasteiger partial charge in [0.25, 0.3) is 10.0 Å². The zero-order chi connectivity index (χ0) is 17.6. The number of hydrogen-bond donors (Lipinski definition) is 1. The number of anilines is 1. The highest BCUT2D eigenvalue weighted by molar-refractivity contribution is 7.92. The molecule has 0 radical (unpaired) electrons. The summed E-state index contributed by atoms with van der Waals surface area (Å²) in [7, 11) is -2.22. The van der Waals surface area contributed by atoms with Gasteiger partial charge in [-0.1, -0.05) is 12.1 Å². The number of fused-ring (bicyclic) bond motifs is 1. The van der Waals surface area contributed by atoms with Gasteiger partial charge in [0.05, 0.1) is 16.1 Å². The highest BCUT2D eigenvalue weighted by Crippen LogP contribution is 2.26. The van der Waals surface area contributed by atoms with Gasteiger partial charge in [0, 0.05) is 13.1 Å². The predicted octanol–water partition coefficient (Wildman–Crippen LogP) is 2.86. The number of rotatable bonds is 3. The van der Waals surface area contributed by atoms with Crippen LogP contribution in [0.3, 0.4) is 0 Å². The number of aromatic nitrogens is 1. The maximum atomic E-state index is 12.8. The molecule has 0 saturated heterocycles. The predicted molar refractivity (Wildman–Crippen MR) is 92.9 cm³/mol. The van der Waals surface area contributed by atoms with Crippen molar-refractivity contribution < 1.29 is 12.8 Å². The number of aryl methyl sites for hydroxylation is 4. The van der Waals surface area contributed by atoms with Crippen LogP contribution >= 0.6 is 0 Å². The molecule has 0 aliphatic carbocycles. The molecule has 0 fully saturated rings. The Kier molecular flexibility index (Phi) is 3.76. The number of sulfonamides is 1. The van der Waals surface area contributed by atoms with Gasteiger partial charge in [-0.05, 0) is 49.6 Å². The van der Waals surface area contributed by atoms with E-state index in [1.807, 2.05) is 26.0 Å². The average molecular weight is 346 g/mol. The second-order valence-corrected chi connectivity index (χ2v) is 7.59. The van der Waals surface area contributed by atoms with Crippen LogP contribution in [0.25, 0.3) is 11.1 Å². The number of oxazole rings is 1. The van der Waals surface area contributed by atoms with Crippen LogP contribution in [0.2, 0.25) is 0 Å². The van der Waals surface area contributed by atoms with Gasteiger partial charge in [0.15, 0.2) is 5.58 Å². The van der Waals surface area contributed by atoms with E-state index in [4.69, 9.17) is 4.42 Å². The van der Waals surface area contributed by atoms with Gasteiger partial charge in [0.2, 0.25) is 0 Å². The standard InChI is InChI=1S/C17H18N2O4S/c1-10-5-6-11(2)13(7-10)18-24(21,22)16-9-15-14(8-12(16)3)19(4)17(20)23-15/h5-9,18H,1-4H3. The second-order valence-electron chi connectivity index (χ2n) is 5.94. The Hall–Kier alpha value is -2.54. The molecule has 0 aliphatic heterocycles. The van der Waals surface area contributed by atoms with Gasteiger partial charge in [0.1, 0.15) is 0 Å². The van der Waals surface area contributed by atoms with E-state index < -0.39 is 15.8 Å². The molecule has 0 unspecified atom stereocenters. The van der Waals surface area contributed by atoms with Crippen molar-refractivity contribution in [3.8, 4) is 0 Å². The van der Waals surface area contributed by atoms with E-state index in [9.17, 15) is 13.2 Å². The second kappa shape index (κ2) is 5.52. The molecular weight excluding hydrogens is 328 g/mol. The van der Waals surface area contributed by atoms with E-state index in [0.717, 1.165) is 11.1 Å². The van der Waals surface area contributed by atoms with Crippen molar-refractivity contribution in [2.45, 2.75) is 25.7 Å². The molecule has 7 heteroatoms. The summed E-state index contributed by atoms with van der Waals surface area (Å²) in [5.41, 5.74) is 3.66. The lowest BCUT2D eigenvalue weighted by molar-refractivity contribution is 0.527. The molecule has 0 atom stereocenters. The topological polar surface area (TPSA) is 81.3 Å². The maximum Gasteiger partial charge on any atom is 0.419 e. The Bertz CT molecular complexity index is 1110. The van der Waals surface area contributed by atoms with Crippen molar-refractivity contribution in [2.24, 2.45) is 7.05 Å². The zero-order valence-corrected chi connectivity index (χ0v) is 14.7. The number of nitrogens with zero attached hydrogens (tertiary/aromatic N) is 1. The summed E-state index contributed by atoms with van der Waals surface area (Å²) in [5, 5.41) is 0. The van der Waals surface area contributed by atoms with Crippen LogP contribution in [0.4, 0.5) is 5.69 Å². The summed E-state index contributed by atoms with van der Waals surface area (Å²) in [6.07, 6.45) is 0. The molecule has 3 rings (SSSR count). The lowest BCUT2D eigenvalue weighted by Gasteiger charge is -2.13. The number of benzene rings is 2. The SMILES string of the molecule is Cc1ccc(C)c(NS(=O)(=O)c2cc3oc(=O)n(C)c3cc2C)c1. The Morgan fingerprint density at radius 3 is 2.46 bits per heavy atom. The minimum absolute atomic E-state index is 0.0882. The minimum Gasteiger partial charge on any atom is -0.408 e. The average Bonchev–Trinajstić information content (AvgIpc) is 2.77. The van der Waals surface area contributed by atoms with Crippen LogP contribution in [0, 0.1) is 20.8 Å². The Morgan fingerprint density at radius 1 is 1.04 bits per heavy atom. The Balaban J connectivity index is 2.13. The van der Waals surface area contributed by atoms with Crippen LogP contribution in [-0.2, 0) is 17.1 Å². The van der Waals surface area contributed by atoms with Crippen LogP contribution in [-0.4, -0.2) is 13.0 Å². The molecule has 6 nitrogen and oxygen atoms in total. The molecule has 1 aromatic heterocycles. The lowest BCUT2D eigenvalue weighted by atomic mass is 10.1. The van der Waals surface area contributed by atoms with E-state index in [0.29, 0.717) is 16.8 Å². The van der Waals surface area contributed by atoms with Crippen molar-refractivity contribution in [2.75, 3.05) is 4.72 Å². The Labute approximate surface area is 139 Å². The summed E-state index contributed by atoms with van der Waals surface area (Å²) < 4.78 is 34.6. The molecule has 1 heterocycles. The molecule has 0 saturated carbocycles. The highest BCUT2D eigenvalue weighted by atomic mass is 32.2. The fraction of sp³-hybridized carbons (Fsp3) is 0.235. The zero-order valence-electron chi connectivity index (χ0n) is 13.9. The van der Waals surface area contributed by atoms with Crippen LogP contribution in [0.15, 0.2) is 44.4 Å². The first-order valence-corrected chi connectivity index (χ1v) is 8.87. The largest absolute Gasteiger partial charge is 0.419 e. The third kappa shape index (κ3) is 2.71. The van der Waals surface area contributed by atoms with E-state index >= 15 is 0 Å². The summed E-state index contributed by atoms with van der Waals surface area (Å²) in [6.45, 7) is 5.42. The fourth-order valence-electron chi connectivity index (χ4n) is 2.59. The van der Waals surface area contributed by atoms with Crippen LogP contribution in [0.5, 0.6) is 0 Å². The van der Waals surface area contributed by atoms with Gasteiger partial charge < -0.3 is 4.42 Å². The van der Waals surface area contributed by atoms with E-state index in [1.165, 1.54) is 10.6 Å². The van der Waals surface area contributed by atoms with Crippen LogP contribution < -0.4 is 10.5 Å². The van der Waals surface area contributed by atoms with E-state index in [1.54, 1.807) is 26.1 Å². The lowest BCUT2D eigenvalue weighted by Crippen LogP contribution is -2.15. The molecule has 1 N–H and O–H groups in total. The molecule has 24 heavy (non-hydrogen) atoms. The molecule has 3 aromatic rings. The molecule has 2 aromatic carbocycles. The van der Waals surface area contributed by atoms with Crippen molar-refractivity contribution in [1.29, 1.82) is 0 Å². The Morgan fingerprint density at radius 2 is 1.75 bits per heavy atom. The summed E-state index contributed by atoms with van der Waals surface area (Å²) in [4.78, 5) is 11.7. The van der Waals surface area contributed by atoms with Crippen molar-refractivity contribution in [1.82, 2.24) is 4.57 Å². The first-order valence-electron chi connectivity index (χ1n) is 7.39. The molecule has 0 amide bonds. The monoisotopic (exact) mass is 346 g/mol. The third-order valence-corrected chi connectivity index (χ3v) is 5.52. The smallest absolute Gasteiger partial charge is 0.408 e. The van der Waals surface area contributed by atoms with Gasteiger partial charge >= 0.3 is 5.76 Å².